The Hall–Kier alpha value is -1.94. The van der Waals surface area contributed by atoms with Crippen molar-refractivity contribution in [2.45, 2.75) is 78.1 Å². The summed E-state index contributed by atoms with van der Waals surface area (Å²) < 4.78 is 8.73. The number of carbonyl (C=O) groups excluding carboxylic acids is 2. The molecule has 0 aliphatic rings. The fourth-order valence-corrected chi connectivity index (χ4v) is 1.65. The summed E-state index contributed by atoms with van der Waals surface area (Å²) in [6.07, 6.45) is 11.1. The highest BCUT2D eigenvalue weighted by molar-refractivity contribution is 5.88. The fourth-order valence-electron chi connectivity index (χ4n) is 1.65. The number of hydrogen-bond acceptors (Lipinski definition) is 4. The summed E-state index contributed by atoms with van der Waals surface area (Å²) in [7, 11) is 2.68. The van der Waals surface area contributed by atoms with E-state index in [1.807, 2.05) is 0 Å². The quantitative estimate of drug-likeness (QED) is 0.287. The molecule has 0 saturated carbocycles. The summed E-state index contributed by atoms with van der Waals surface area (Å²) in [5, 5.41) is 0. The zero-order chi connectivity index (χ0) is 18.5. The highest BCUT2D eigenvalue weighted by atomic mass is 16.5. The van der Waals surface area contributed by atoms with Crippen LogP contribution in [0.1, 0.15) is 78.1 Å². The Labute approximate surface area is 147 Å². The highest BCUT2D eigenvalue weighted by Gasteiger charge is 1.89. The second-order valence-corrected chi connectivity index (χ2v) is 5.21. The molecule has 0 atom stereocenters. The second-order valence-electron chi connectivity index (χ2n) is 5.21. The van der Waals surface area contributed by atoms with E-state index in [1.54, 1.807) is 0 Å². The van der Waals surface area contributed by atoms with Crippen LogP contribution < -0.4 is 0 Å². The smallest absolute Gasteiger partial charge is 0.384 e. The van der Waals surface area contributed by atoms with Crippen molar-refractivity contribution < 1.29 is 19.1 Å². The molecule has 4 heteroatoms. The van der Waals surface area contributed by atoms with Gasteiger partial charge in [0.25, 0.3) is 0 Å². The van der Waals surface area contributed by atoms with Crippen LogP contribution in [-0.2, 0) is 19.1 Å². The topological polar surface area (TPSA) is 52.6 Å². The Morgan fingerprint density at radius 2 is 1.04 bits per heavy atom. The predicted octanol–water partition coefficient (Wildman–Crippen LogP) is 4.27. The van der Waals surface area contributed by atoms with Crippen LogP contribution in [0.25, 0.3) is 0 Å². The maximum Gasteiger partial charge on any atom is 0.384 e. The number of hydrogen-bond donors (Lipinski definition) is 0. The highest BCUT2D eigenvalue weighted by Crippen LogP contribution is 2.01. The molecule has 0 aromatic carbocycles. The minimum Gasteiger partial charge on any atom is -0.459 e. The van der Waals surface area contributed by atoms with E-state index in [4.69, 9.17) is 0 Å². The first-order valence-electron chi connectivity index (χ1n) is 8.75. The molecule has 0 aliphatic heterocycles. The van der Waals surface area contributed by atoms with Crippen LogP contribution in [0.5, 0.6) is 0 Å². The number of carbonyl (C=O) groups is 2. The number of ether oxygens (including phenoxy) is 2. The molecule has 0 fully saturated rings. The van der Waals surface area contributed by atoms with E-state index < -0.39 is 11.9 Å². The van der Waals surface area contributed by atoms with E-state index in [9.17, 15) is 9.59 Å². The van der Waals surface area contributed by atoms with Gasteiger partial charge in [0.05, 0.1) is 14.2 Å². The van der Waals surface area contributed by atoms with Gasteiger partial charge in [-0.2, -0.15) is 0 Å². The number of methoxy groups -OCH3 is 2. The predicted molar refractivity (Wildman–Crippen MR) is 97.1 cm³/mol. The summed E-state index contributed by atoms with van der Waals surface area (Å²) in [6, 6.07) is 0. The lowest BCUT2D eigenvalue weighted by Gasteiger charge is -1.91. The van der Waals surface area contributed by atoms with Gasteiger partial charge in [0.1, 0.15) is 0 Å². The Balaban J connectivity index is 0. The van der Waals surface area contributed by atoms with Crippen LogP contribution in [0, 0.1) is 23.7 Å². The molecule has 0 heterocycles. The number of unbranched alkanes of at least 4 members (excludes halogenated alkanes) is 8. The van der Waals surface area contributed by atoms with Crippen molar-refractivity contribution in [2.75, 3.05) is 14.2 Å². The zero-order valence-electron chi connectivity index (χ0n) is 15.7. The van der Waals surface area contributed by atoms with Crippen LogP contribution in [0.2, 0.25) is 0 Å². The van der Waals surface area contributed by atoms with Gasteiger partial charge in [-0.15, -0.1) is 0 Å². The summed E-state index contributed by atoms with van der Waals surface area (Å²) in [5.41, 5.74) is 0. The van der Waals surface area contributed by atoms with Crippen molar-refractivity contribution in [1.29, 1.82) is 0 Å². The van der Waals surface area contributed by atoms with Crippen LogP contribution >= 0.6 is 0 Å². The average molecular weight is 336 g/mol. The van der Waals surface area contributed by atoms with Gasteiger partial charge in [0.15, 0.2) is 0 Å². The van der Waals surface area contributed by atoms with Crippen molar-refractivity contribution in [1.82, 2.24) is 0 Å². The number of rotatable bonds is 8. The maximum atomic E-state index is 10.5. The van der Waals surface area contributed by atoms with E-state index in [0.29, 0.717) is 0 Å². The standard InChI is InChI=1S/2C10H16O2/c2*1-3-4-5-6-7-8-9-10(11)12-2/h2*3-7H2,1-2H3. The molecule has 0 bridgehead atoms. The van der Waals surface area contributed by atoms with Gasteiger partial charge in [0.2, 0.25) is 0 Å². The normalized spacial score (nSPS) is 8.50. The molecule has 0 unspecified atom stereocenters. The van der Waals surface area contributed by atoms with Crippen LogP contribution in [0.15, 0.2) is 0 Å². The third kappa shape index (κ3) is 22.3. The summed E-state index contributed by atoms with van der Waals surface area (Å²) in [6.45, 7) is 4.33. The van der Waals surface area contributed by atoms with Gasteiger partial charge in [0, 0.05) is 24.7 Å². The van der Waals surface area contributed by atoms with E-state index in [-0.39, 0.29) is 0 Å². The van der Waals surface area contributed by atoms with Crippen molar-refractivity contribution >= 4 is 11.9 Å². The number of esters is 2. The molecular formula is C20H32O4. The van der Waals surface area contributed by atoms with Gasteiger partial charge in [-0.3, -0.25) is 0 Å². The van der Waals surface area contributed by atoms with Gasteiger partial charge >= 0.3 is 11.9 Å². The lowest BCUT2D eigenvalue weighted by atomic mass is 10.2. The molecule has 0 aromatic rings. The van der Waals surface area contributed by atoms with Crippen LogP contribution in [0.3, 0.4) is 0 Å². The fraction of sp³-hybridized carbons (Fsp3) is 0.700. The van der Waals surface area contributed by atoms with Crippen molar-refractivity contribution in [2.24, 2.45) is 0 Å². The molecule has 0 spiro atoms. The molecule has 0 saturated heterocycles. The monoisotopic (exact) mass is 336 g/mol. The molecule has 0 rings (SSSR count). The Morgan fingerprint density at radius 1 is 0.667 bits per heavy atom. The zero-order valence-corrected chi connectivity index (χ0v) is 15.7. The molecule has 136 valence electrons. The molecule has 0 N–H and O–H groups in total. The molecule has 0 radical (unpaired) electrons. The van der Waals surface area contributed by atoms with Gasteiger partial charge in [-0.05, 0) is 12.8 Å². The molecule has 0 aliphatic carbocycles. The lowest BCUT2D eigenvalue weighted by molar-refractivity contribution is -0.134. The SMILES string of the molecule is CCCCCCC#CC(=O)OC.CCCCCCC#CC(=O)OC. The summed E-state index contributed by atoms with van der Waals surface area (Å²) >= 11 is 0. The molecular weight excluding hydrogens is 304 g/mol. The third-order valence-corrected chi connectivity index (χ3v) is 3.06. The third-order valence-electron chi connectivity index (χ3n) is 3.06. The minimum atomic E-state index is -0.439. The molecule has 24 heavy (non-hydrogen) atoms. The van der Waals surface area contributed by atoms with E-state index in [0.717, 1.165) is 25.7 Å². The first-order chi connectivity index (χ1) is 11.6. The average Bonchev–Trinajstić information content (AvgIpc) is 2.61. The first-order valence-corrected chi connectivity index (χ1v) is 8.75. The van der Waals surface area contributed by atoms with E-state index in [2.05, 4.69) is 47.0 Å². The molecule has 0 aromatic heterocycles. The molecule has 0 amide bonds. The second kappa shape index (κ2) is 21.1. The van der Waals surface area contributed by atoms with E-state index in [1.165, 1.54) is 52.7 Å². The Morgan fingerprint density at radius 3 is 1.33 bits per heavy atom. The van der Waals surface area contributed by atoms with Gasteiger partial charge < -0.3 is 9.47 Å². The summed E-state index contributed by atoms with van der Waals surface area (Å²) in [4.78, 5) is 21.0. The van der Waals surface area contributed by atoms with Crippen molar-refractivity contribution in [3.8, 4) is 23.7 Å². The van der Waals surface area contributed by atoms with Crippen molar-refractivity contribution in [3.63, 3.8) is 0 Å². The maximum absolute atomic E-state index is 10.5. The Kier molecular flexibility index (Phi) is 21.3. The van der Waals surface area contributed by atoms with Crippen LogP contribution in [0.4, 0.5) is 0 Å². The van der Waals surface area contributed by atoms with Gasteiger partial charge in [-0.25, -0.2) is 9.59 Å². The Bertz CT molecular complexity index is 390. The van der Waals surface area contributed by atoms with Crippen LogP contribution in [-0.4, -0.2) is 26.2 Å². The summed E-state index contributed by atoms with van der Waals surface area (Å²) in [5.74, 6) is 9.46. The minimum absolute atomic E-state index is 0.439. The first kappa shape index (κ1) is 24.3. The molecule has 4 nitrogen and oxygen atoms in total. The van der Waals surface area contributed by atoms with E-state index >= 15 is 0 Å². The lowest BCUT2D eigenvalue weighted by Crippen LogP contribution is -1.94. The van der Waals surface area contributed by atoms with Crippen molar-refractivity contribution in [3.05, 3.63) is 0 Å². The largest absolute Gasteiger partial charge is 0.459 e. The van der Waals surface area contributed by atoms with Gasteiger partial charge in [-0.1, -0.05) is 64.2 Å².